The highest BCUT2D eigenvalue weighted by Crippen LogP contribution is 2.22. The third-order valence-electron chi connectivity index (χ3n) is 1.37. The minimum atomic E-state index is -3.41. The van der Waals surface area contributed by atoms with E-state index in [0.29, 0.717) is 0 Å². The average Bonchev–Trinajstić information content (AvgIpc) is 2.45. The van der Waals surface area contributed by atoms with Gasteiger partial charge in [-0.05, 0) is 28.1 Å². The van der Waals surface area contributed by atoms with Gasteiger partial charge in [-0.2, -0.15) is 5.26 Å². The van der Waals surface area contributed by atoms with E-state index in [-0.39, 0.29) is 4.91 Å². The molecule has 74 valence electrons. The van der Waals surface area contributed by atoms with E-state index < -0.39 is 9.84 Å². The van der Waals surface area contributed by atoms with Gasteiger partial charge in [-0.15, -0.1) is 11.3 Å². The summed E-state index contributed by atoms with van der Waals surface area (Å²) in [5.74, 6) is 0. The van der Waals surface area contributed by atoms with E-state index in [1.807, 2.05) is 5.38 Å². The molecule has 1 aromatic rings. The number of thiophene rings is 1. The SMILES string of the molecule is CS(=O)(=O)/C(C#N)=C\c1cc(Br)cs1. The molecule has 3 nitrogen and oxygen atoms in total. The lowest BCUT2D eigenvalue weighted by Crippen LogP contribution is -1.97. The molecule has 0 spiro atoms. The standard InChI is InChI=1S/C8H6BrNO2S2/c1-14(11,12)8(4-10)3-7-2-6(9)5-13-7/h2-3,5H,1H3/b8-3-. The molecule has 0 radical (unpaired) electrons. The number of nitrogens with zero attached hydrogens (tertiary/aromatic N) is 1. The molecule has 1 rings (SSSR count). The number of hydrogen-bond acceptors (Lipinski definition) is 4. The fourth-order valence-corrected chi connectivity index (χ4v) is 2.71. The molecule has 0 aliphatic carbocycles. The summed E-state index contributed by atoms with van der Waals surface area (Å²) in [5.41, 5.74) is 0. The molecule has 6 heteroatoms. The van der Waals surface area contributed by atoms with E-state index in [9.17, 15) is 8.42 Å². The Bertz CT molecular complexity index is 508. The Morgan fingerprint density at radius 3 is 2.71 bits per heavy atom. The van der Waals surface area contributed by atoms with Crippen molar-refractivity contribution in [3.8, 4) is 6.07 Å². The minimum absolute atomic E-state index is 0.216. The monoisotopic (exact) mass is 291 g/mol. The van der Waals surface area contributed by atoms with Crippen molar-refractivity contribution >= 4 is 43.2 Å². The number of nitriles is 1. The number of rotatable bonds is 2. The van der Waals surface area contributed by atoms with Gasteiger partial charge in [-0.25, -0.2) is 8.42 Å². The summed E-state index contributed by atoms with van der Waals surface area (Å²) in [4.78, 5) is 0.519. The normalized spacial score (nSPS) is 12.5. The molecule has 1 aromatic heterocycles. The Balaban J connectivity index is 3.16. The van der Waals surface area contributed by atoms with Gasteiger partial charge >= 0.3 is 0 Å². The van der Waals surface area contributed by atoms with Crippen molar-refractivity contribution < 1.29 is 8.42 Å². The Morgan fingerprint density at radius 2 is 2.36 bits per heavy atom. The van der Waals surface area contributed by atoms with Crippen molar-refractivity contribution in [2.75, 3.05) is 6.26 Å². The van der Waals surface area contributed by atoms with E-state index in [2.05, 4.69) is 15.9 Å². The van der Waals surface area contributed by atoms with E-state index in [0.717, 1.165) is 15.6 Å². The molecule has 0 N–H and O–H groups in total. The lowest BCUT2D eigenvalue weighted by molar-refractivity contribution is 0.609. The Morgan fingerprint density at radius 1 is 1.71 bits per heavy atom. The highest BCUT2D eigenvalue weighted by Gasteiger charge is 2.10. The zero-order valence-corrected chi connectivity index (χ0v) is 10.4. The summed E-state index contributed by atoms with van der Waals surface area (Å²) in [6, 6.07) is 3.42. The largest absolute Gasteiger partial charge is 0.223 e. The van der Waals surface area contributed by atoms with Crippen LogP contribution in [0.2, 0.25) is 0 Å². The quantitative estimate of drug-likeness (QED) is 0.787. The van der Waals surface area contributed by atoms with E-state index in [1.54, 1.807) is 12.1 Å². The van der Waals surface area contributed by atoms with Crippen LogP contribution in [-0.2, 0) is 9.84 Å². The molecule has 0 atom stereocenters. The van der Waals surface area contributed by atoms with Crippen LogP contribution in [0.15, 0.2) is 20.8 Å². The van der Waals surface area contributed by atoms with Gasteiger partial charge in [-0.3, -0.25) is 0 Å². The van der Waals surface area contributed by atoms with Gasteiger partial charge in [0.25, 0.3) is 0 Å². The predicted octanol–water partition coefficient (Wildman–Crippen LogP) is 2.42. The lowest BCUT2D eigenvalue weighted by Gasteiger charge is -1.91. The topological polar surface area (TPSA) is 57.9 Å². The van der Waals surface area contributed by atoms with E-state index in [4.69, 9.17) is 5.26 Å². The van der Waals surface area contributed by atoms with Crippen molar-refractivity contribution in [2.45, 2.75) is 0 Å². The molecular formula is C8H6BrNO2S2. The summed E-state index contributed by atoms with van der Waals surface area (Å²) < 4.78 is 23.0. The molecule has 0 aliphatic heterocycles. The molecule has 0 saturated heterocycles. The molecular weight excluding hydrogens is 286 g/mol. The smallest absolute Gasteiger partial charge is 0.185 e. The van der Waals surface area contributed by atoms with Crippen LogP contribution in [-0.4, -0.2) is 14.7 Å². The fraction of sp³-hybridized carbons (Fsp3) is 0.125. The van der Waals surface area contributed by atoms with Crippen LogP contribution >= 0.6 is 27.3 Å². The van der Waals surface area contributed by atoms with Gasteiger partial charge < -0.3 is 0 Å². The number of allylic oxidation sites excluding steroid dienone is 1. The summed E-state index contributed by atoms with van der Waals surface area (Å²) >= 11 is 4.61. The Kier molecular flexibility index (Phi) is 3.48. The van der Waals surface area contributed by atoms with Crippen LogP contribution in [0.5, 0.6) is 0 Å². The molecule has 0 fully saturated rings. The van der Waals surface area contributed by atoms with Crippen LogP contribution in [0.25, 0.3) is 6.08 Å². The van der Waals surface area contributed by atoms with Gasteiger partial charge in [0.15, 0.2) is 9.84 Å². The first kappa shape index (κ1) is 11.4. The van der Waals surface area contributed by atoms with Crippen molar-refractivity contribution in [3.63, 3.8) is 0 Å². The molecule has 14 heavy (non-hydrogen) atoms. The van der Waals surface area contributed by atoms with Crippen LogP contribution in [0, 0.1) is 11.3 Å². The maximum absolute atomic E-state index is 11.1. The number of sulfone groups is 1. The molecule has 0 bridgehead atoms. The first-order valence-corrected chi connectivity index (χ1v) is 7.06. The minimum Gasteiger partial charge on any atom is -0.223 e. The third kappa shape index (κ3) is 2.94. The van der Waals surface area contributed by atoms with Crippen molar-refractivity contribution in [3.05, 3.63) is 25.7 Å². The lowest BCUT2D eigenvalue weighted by atomic mass is 10.4. The van der Waals surface area contributed by atoms with Gasteiger partial charge in [-0.1, -0.05) is 0 Å². The number of hydrogen-bond donors (Lipinski definition) is 0. The molecule has 0 aliphatic rings. The molecule has 1 heterocycles. The van der Waals surface area contributed by atoms with E-state index >= 15 is 0 Å². The van der Waals surface area contributed by atoms with E-state index in [1.165, 1.54) is 17.4 Å². The highest BCUT2D eigenvalue weighted by atomic mass is 79.9. The summed E-state index contributed by atoms with van der Waals surface area (Å²) in [7, 11) is -3.41. The molecule has 0 saturated carbocycles. The van der Waals surface area contributed by atoms with Crippen LogP contribution in [0.1, 0.15) is 4.88 Å². The first-order valence-electron chi connectivity index (χ1n) is 3.49. The van der Waals surface area contributed by atoms with Gasteiger partial charge in [0.05, 0.1) is 0 Å². The summed E-state index contributed by atoms with van der Waals surface area (Å²) in [6.07, 6.45) is 2.38. The summed E-state index contributed by atoms with van der Waals surface area (Å²) in [5, 5.41) is 10.4. The van der Waals surface area contributed by atoms with Crippen LogP contribution < -0.4 is 0 Å². The zero-order valence-electron chi connectivity index (χ0n) is 7.19. The van der Waals surface area contributed by atoms with Gasteiger partial charge in [0.1, 0.15) is 11.0 Å². The molecule has 0 unspecified atom stereocenters. The maximum Gasteiger partial charge on any atom is 0.185 e. The second kappa shape index (κ2) is 4.26. The highest BCUT2D eigenvalue weighted by molar-refractivity contribution is 9.10. The zero-order chi connectivity index (χ0) is 10.8. The van der Waals surface area contributed by atoms with Crippen molar-refractivity contribution in [1.29, 1.82) is 5.26 Å². The first-order chi connectivity index (χ1) is 6.43. The third-order valence-corrected chi connectivity index (χ3v) is 4.02. The Labute approximate surface area is 94.7 Å². The van der Waals surface area contributed by atoms with Crippen molar-refractivity contribution in [1.82, 2.24) is 0 Å². The van der Waals surface area contributed by atoms with Crippen LogP contribution in [0.3, 0.4) is 0 Å². The Hall–Kier alpha value is -0.640. The predicted molar refractivity (Wildman–Crippen MR) is 60.5 cm³/mol. The second-order valence-electron chi connectivity index (χ2n) is 2.56. The van der Waals surface area contributed by atoms with Gasteiger partial charge in [0, 0.05) is 21.0 Å². The average molecular weight is 292 g/mol. The summed E-state index contributed by atoms with van der Waals surface area (Å²) in [6.45, 7) is 0. The molecule has 0 amide bonds. The van der Waals surface area contributed by atoms with Crippen LogP contribution in [0.4, 0.5) is 0 Å². The maximum atomic E-state index is 11.1. The number of halogens is 1. The molecule has 0 aromatic carbocycles. The fourth-order valence-electron chi connectivity index (χ4n) is 0.755. The van der Waals surface area contributed by atoms with Gasteiger partial charge in [0.2, 0.25) is 0 Å². The van der Waals surface area contributed by atoms with Crippen molar-refractivity contribution in [2.24, 2.45) is 0 Å². The second-order valence-corrected chi connectivity index (χ2v) is 6.40.